The predicted molar refractivity (Wildman–Crippen MR) is 77.2 cm³/mol. The third kappa shape index (κ3) is 2.72. The van der Waals surface area contributed by atoms with E-state index in [4.69, 9.17) is 0 Å². The molecule has 1 fully saturated rings. The Labute approximate surface area is 119 Å². The van der Waals surface area contributed by atoms with Crippen LogP contribution in [0, 0.1) is 6.92 Å². The maximum Gasteiger partial charge on any atom is 0.115 e. The highest BCUT2D eigenvalue weighted by Gasteiger charge is 2.23. The molecule has 20 heavy (non-hydrogen) atoms. The van der Waals surface area contributed by atoms with Crippen molar-refractivity contribution in [3.63, 3.8) is 0 Å². The summed E-state index contributed by atoms with van der Waals surface area (Å²) in [7, 11) is 2.00. The fourth-order valence-corrected chi connectivity index (χ4v) is 2.92. The Morgan fingerprint density at radius 1 is 1.40 bits per heavy atom. The van der Waals surface area contributed by atoms with Gasteiger partial charge in [-0.3, -0.25) is 9.58 Å². The summed E-state index contributed by atoms with van der Waals surface area (Å²) < 4.78 is 1.95. The first-order chi connectivity index (χ1) is 9.74. The molecule has 0 unspecified atom stereocenters. The zero-order valence-electron chi connectivity index (χ0n) is 12.2. The van der Waals surface area contributed by atoms with E-state index in [0.29, 0.717) is 5.92 Å². The van der Waals surface area contributed by atoms with Crippen molar-refractivity contribution in [3.05, 3.63) is 41.7 Å². The number of piperidine rings is 1. The lowest BCUT2D eigenvalue weighted by molar-refractivity contribution is 0.198. The molecule has 5 heteroatoms. The second kappa shape index (κ2) is 5.71. The standard InChI is InChI=1S/C15H21N5/c1-12-14(8-18-19(12)2)10-20-7-3-4-13(9-20)15-5-6-16-11-17-15/h5-6,8,11,13H,3-4,7,9-10H2,1-2H3/t13-/m0/s1. The van der Waals surface area contributed by atoms with Crippen LogP contribution in [-0.4, -0.2) is 37.7 Å². The molecule has 5 nitrogen and oxygen atoms in total. The molecule has 3 heterocycles. The van der Waals surface area contributed by atoms with E-state index in [0.717, 1.165) is 19.6 Å². The Hall–Kier alpha value is -1.75. The van der Waals surface area contributed by atoms with E-state index in [1.54, 1.807) is 6.33 Å². The normalized spacial score (nSPS) is 20.2. The van der Waals surface area contributed by atoms with Gasteiger partial charge < -0.3 is 0 Å². The number of hydrogen-bond acceptors (Lipinski definition) is 4. The van der Waals surface area contributed by atoms with Crippen LogP contribution in [0.1, 0.15) is 35.7 Å². The van der Waals surface area contributed by atoms with Gasteiger partial charge in [-0.1, -0.05) is 0 Å². The summed E-state index contributed by atoms with van der Waals surface area (Å²) in [6.07, 6.45) is 7.93. The lowest BCUT2D eigenvalue weighted by atomic mass is 9.94. The molecule has 2 aromatic rings. The van der Waals surface area contributed by atoms with Crippen molar-refractivity contribution in [2.75, 3.05) is 13.1 Å². The second-order valence-corrected chi connectivity index (χ2v) is 5.59. The van der Waals surface area contributed by atoms with Crippen LogP contribution in [0.4, 0.5) is 0 Å². The maximum absolute atomic E-state index is 4.41. The van der Waals surface area contributed by atoms with Gasteiger partial charge in [-0.25, -0.2) is 9.97 Å². The van der Waals surface area contributed by atoms with Crippen LogP contribution in [0.5, 0.6) is 0 Å². The number of rotatable bonds is 3. The van der Waals surface area contributed by atoms with Gasteiger partial charge in [0.1, 0.15) is 6.33 Å². The first-order valence-corrected chi connectivity index (χ1v) is 7.20. The quantitative estimate of drug-likeness (QED) is 0.855. The number of aromatic nitrogens is 4. The molecule has 1 atom stereocenters. The predicted octanol–water partition coefficient (Wildman–Crippen LogP) is 1.90. The van der Waals surface area contributed by atoms with Crippen molar-refractivity contribution < 1.29 is 0 Å². The largest absolute Gasteiger partial charge is 0.298 e. The molecule has 0 amide bonds. The van der Waals surface area contributed by atoms with Gasteiger partial charge in [-0.05, 0) is 32.4 Å². The summed E-state index contributed by atoms with van der Waals surface area (Å²) in [6, 6.07) is 2.05. The van der Waals surface area contributed by atoms with E-state index < -0.39 is 0 Å². The second-order valence-electron chi connectivity index (χ2n) is 5.59. The summed E-state index contributed by atoms with van der Waals surface area (Å²) in [5, 5.41) is 4.33. The van der Waals surface area contributed by atoms with Gasteiger partial charge in [0.05, 0.1) is 6.20 Å². The molecule has 1 aliphatic rings. The van der Waals surface area contributed by atoms with Gasteiger partial charge in [0.2, 0.25) is 0 Å². The van der Waals surface area contributed by atoms with Crippen molar-refractivity contribution in [2.24, 2.45) is 7.05 Å². The van der Waals surface area contributed by atoms with Crippen molar-refractivity contribution in [1.82, 2.24) is 24.6 Å². The lowest BCUT2D eigenvalue weighted by Gasteiger charge is -2.32. The first-order valence-electron chi connectivity index (χ1n) is 7.20. The van der Waals surface area contributed by atoms with Gasteiger partial charge in [-0.2, -0.15) is 5.10 Å². The van der Waals surface area contributed by atoms with Crippen LogP contribution in [0.25, 0.3) is 0 Å². The topological polar surface area (TPSA) is 46.8 Å². The molecular weight excluding hydrogens is 250 g/mol. The van der Waals surface area contributed by atoms with Gasteiger partial charge in [0, 0.05) is 49.2 Å². The molecule has 0 saturated carbocycles. The number of nitrogens with zero attached hydrogens (tertiary/aromatic N) is 5. The Kier molecular flexibility index (Phi) is 3.78. The zero-order chi connectivity index (χ0) is 13.9. The molecular formula is C15H21N5. The zero-order valence-corrected chi connectivity index (χ0v) is 12.2. The van der Waals surface area contributed by atoms with Gasteiger partial charge in [-0.15, -0.1) is 0 Å². The molecule has 0 spiro atoms. The monoisotopic (exact) mass is 271 g/mol. The summed E-state index contributed by atoms with van der Waals surface area (Å²) >= 11 is 0. The lowest BCUT2D eigenvalue weighted by Crippen LogP contribution is -2.34. The highest BCUT2D eigenvalue weighted by molar-refractivity contribution is 5.16. The number of aryl methyl sites for hydroxylation is 1. The molecule has 0 N–H and O–H groups in total. The molecule has 1 saturated heterocycles. The average molecular weight is 271 g/mol. The SMILES string of the molecule is Cc1c(CN2CCC[C@H](c3ccncn3)C2)cnn1C. The van der Waals surface area contributed by atoms with E-state index in [-0.39, 0.29) is 0 Å². The summed E-state index contributed by atoms with van der Waals surface area (Å²) in [5.74, 6) is 0.531. The fraction of sp³-hybridized carbons (Fsp3) is 0.533. The molecule has 106 valence electrons. The van der Waals surface area contributed by atoms with Crippen molar-refractivity contribution >= 4 is 0 Å². The highest BCUT2D eigenvalue weighted by Crippen LogP contribution is 2.26. The number of hydrogen-bond donors (Lipinski definition) is 0. The highest BCUT2D eigenvalue weighted by atomic mass is 15.3. The molecule has 0 bridgehead atoms. The fourth-order valence-electron chi connectivity index (χ4n) is 2.92. The third-order valence-corrected chi connectivity index (χ3v) is 4.26. The van der Waals surface area contributed by atoms with Crippen LogP contribution >= 0.6 is 0 Å². The Balaban J connectivity index is 1.68. The van der Waals surface area contributed by atoms with Crippen LogP contribution in [0.15, 0.2) is 24.8 Å². The van der Waals surface area contributed by atoms with Crippen molar-refractivity contribution in [2.45, 2.75) is 32.2 Å². The Morgan fingerprint density at radius 3 is 3.00 bits per heavy atom. The average Bonchev–Trinajstić information content (AvgIpc) is 2.81. The minimum Gasteiger partial charge on any atom is -0.298 e. The van der Waals surface area contributed by atoms with Gasteiger partial charge in [0.25, 0.3) is 0 Å². The van der Waals surface area contributed by atoms with Crippen molar-refractivity contribution in [3.8, 4) is 0 Å². The Morgan fingerprint density at radius 2 is 2.30 bits per heavy atom. The molecule has 1 aliphatic heterocycles. The van der Waals surface area contributed by atoms with Gasteiger partial charge in [0.15, 0.2) is 0 Å². The van der Waals surface area contributed by atoms with Crippen molar-refractivity contribution in [1.29, 1.82) is 0 Å². The van der Waals surface area contributed by atoms with Crippen LogP contribution in [0.2, 0.25) is 0 Å². The Bertz CT molecular complexity index is 563. The van der Waals surface area contributed by atoms with E-state index in [1.807, 2.05) is 30.2 Å². The molecule has 0 aliphatic carbocycles. The van der Waals surface area contributed by atoms with E-state index >= 15 is 0 Å². The molecule has 0 radical (unpaired) electrons. The molecule has 0 aromatic carbocycles. The minimum absolute atomic E-state index is 0.531. The van der Waals surface area contributed by atoms with Crippen LogP contribution in [-0.2, 0) is 13.6 Å². The van der Waals surface area contributed by atoms with Crippen LogP contribution in [0.3, 0.4) is 0 Å². The van der Waals surface area contributed by atoms with Crippen LogP contribution < -0.4 is 0 Å². The summed E-state index contributed by atoms with van der Waals surface area (Å²) in [6.45, 7) is 5.36. The summed E-state index contributed by atoms with van der Waals surface area (Å²) in [4.78, 5) is 10.9. The first kappa shape index (κ1) is 13.2. The van der Waals surface area contributed by atoms with Gasteiger partial charge >= 0.3 is 0 Å². The van der Waals surface area contributed by atoms with E-state index in [2.05, 4.69) is 26.9 Å². The minimum atomic E-state index is 0.531. The molecule has 3 rings (SSSR count). The molecule has 2 aromatic heterocycles. The van der Waals surface area contributed by atoms with E-state index in [9.17, 15) is 0 Å². The number of likely N-dealkylation sites (tertiary alicyclic amines) is 1. The summed E-state index contributed by atoms with van der Waals surface area (Å²) in [5.41, 5.74) is 3.76. The third-order valence-electron chi connectivity index (χ3n) is 4.26. The van der Waals surface area contributed by atoms with E-state index in [1.165, 1.54) is 29.8 Å². The maximum atomic E-state index is 4.41. The smallest absolute Gasteiger partial charge is 0.115 e.